The van der Waals surface area contributed by atoms with Gasteiger partial charge in [0, 0.05) is 29.0 Å². The van der Waals surface area contributed by atoms with Gasteiger partial charge in [-0.2, -0.15) is 5.10 Å². The number of carbonyl (C=O) groups excluding carboxylic acids is 1. The molecule has 0 fully saturated rings. The molecule has 2 heterocycles. The van der Waals surface area contributed by atoms with Crippen LogP contribution in [0.3, 0.4) is 0 Å². The third kappa shape index (κ3) is 2.98. The molecule has 6 heteroatoms. The number of H-pyrrole nitrogens is 1. The molecule has 0 radical (unpaired) electrons. The minimum Gasteiger partial charge on any atom is -0.488 e. The zero-order chi connectivity index (χ0) is 17.2. The summed E-state index contributed by atoms with van der Waals surface area (Å²) < 4.78 is 19.7. The summed E-state index contributed by atoms with van der Waals surface area (Å²) in [5, 5.41) is 9.60. The molecule has 4 rings (SSSR count). The number of anilines is 1. The van der Waals surface area contributed by atoms with E-state index in [1.807, 2.05) is 24.3 Å². The molecule has 126 valence electrons. The van der Waals surface area contributed by atoms with Gasteiger partial charge in [-0.15, -0.1) is 0 Å². The van der Waals surface area contributed by atoms with E-state index in [1.165, 1.54) is 6.07 Å². The largest absolute Gasteiger partial charge is 0.488 e. The van der Waals surface area contributed by atoms with Crippen LogP contribution in [0.5, 0.6) is 5.75 Å². The average Bonchev–Trinajstić information content (AvgIpc) is 3.09. The Morgan fingerprint density at radius 3 is 2.80 bits per heavy atom. The second-order valence-electron chi connectivity index (χ2n) is 5.92. The second-order valence-corrected chi connectivity index (χ2v) is 5.92. The zero-order valence-electron chi connectivity index (χ0n) is 13.3. The lowest BCUT2D eigenvalue weighted by Gasteiger charge is -2.24. The number of fused-ring (bicyclic) bond motifs is 1. The van der Waals surface area contributed by atoms with Crippen molar-refractivity contribution in [3.8, 4) is 5.75 Å². The summed E-state index contributed by atoms with van der Waals surface area (Å²) in [4.78, 5) is 12.0. The third-order valence-electron chi connectivity index (χ3n) is 4.33. The van der Waals surface area contributed by atoms with Crippen molar-refractivity contribution in [1.29, 1.82) is 0 Å². The molecule has 1 aliphatic rings. The van der Waals surface area contributed by atoms with Gasteiger partial charge in [-0.05, 0) is 12.1 Å². The first kappa shape index (κ1) is 15.4. The van der Waals surface area contributed by atoms with E-state index in [0.29, 0.717) is 23.6 Å². The SMILES string of the molecule is O=C1C[C@@H](c2ccccc2OCc2ccccc2F)c2cn[nH]c2N1. The Morgan fingerprint density at radius 2 is 1.92 bits per heavy atom. The Hall–Kier alpha value is -3.15. The first-order valence-electron chi connectivity index (χ1n) is 8.00. The molecule has 1 atom stereocenters. The van der Waals surface area contributed by atoms with E-state index in [1.54, 1.807) is 24.4 Å². The average molecular weight is 337 g/mol. The van der Waals surface area contributed by atoms with Crippen LogP contribution in [0, 0.1) is 5.82 Å². The van der Waals surface area contributed by atoms with Crippen molar-refractivity contribution in [2.75, 3.05) is 5.32 Å². The van der Waals surface area contributed by atoms with Gasteiger partial charge in [-0.3, -0.25) is 9.89 Å². The van der Waals surface area contributed by atoms with Crippen molar-refractivity contribution in [2.24, 2.45) is 0 Å². The number of nitrogens with zero attached hydrogens (tertiary/aromatic N) is 1. The molecule has 2 N–H and O–H groups in total. The highest BCUT2D eigenvalue weighted by Gasteiger charge is 2.30. The first-order chi connectivity index (χ1) is 12.2. The maximum absolute atomic E-state index is 13.8. The van der Waals surface area contributed by atoms with Crippen LogP contribution in [0.2, 0.25) is 0 Å². The Balaban J connectivity index is 1.64. The molecule has 3 aromatic rings. The molecule has 0 spiro atoms. The minimum absolute atomic E-state index is 0.0781. The number of nitrogens with one attached hydrogen (secondary N) is 2. The van der Waals surface area contributed by atoms with Gasteiger partial charge in [-0.1, -0.05) is 36.4 Å². The number of halogens is 1. The van der Waals surface area contributed by atoms with E-state index in [2.05, 4.69) is 15.5 Å². The van der Waals surface area contributed by atoms with Gasteiger partial charge >= 0.3 is 0 Å². The molecule has 0 saturated heterocycles. The number of aromatic nitrogens is 2. The van der Waals surface area contributed by atoms with Gasteiger partial charge in [0.2, 0.25) is 5.91 Å². The fourth-order valence-electron chi connectivity index (χ4n) is 3.09. The highest BCUT2D eigenvalue weighted by molar-refractivity contribution is 5.94. The van der Waals surface area contributed by atoms with Crippen LogP contribution in [0.15, 0.2) is 54.7 Å². The zero-order valence-corrected chi connectivity index (χ0v) is 13.3. The van der Waals surface area contributed by atoms with E-state index in [0.717, 1.165) is 11.1 Å². The third-order valence-corrected chi connectivity index (χ3v) is 4.33. The van der Waals surface area contributed by atoms with Gasteiger partial charge in [0.05, 0.1) is 6.20 Å². The topological polar surface area (TPSA) is 67.0 Å². The van der Waals surface area contributed by atoms with Gasteiger partial charge < -0.3 is 10.1 Å². The smallest absolute Gasteiger partial charge is 0.226 e. The molecular formula is C19H16FN3O2. The summed E-state index contributed by atoms with van der Waals surface area (Å²) in [6.45, 7) is 0.126. The fraction of sp³-hybridized carbons (Fsp3) is 0.158. The highest BCUT2D eigenvalue weighted by Crippen LogP contribution is 2.39. The van der Waals surface area contributed by atoms with Crippen LogP contribution in [-0.4, -0.2) is 16.1 Å². The number of hydrogen-bond donors (Lipinski definition) is 2. The van der Waals surface area contributed by atoms with E-state index in [-0.39, 0.29) is 24.2 Å². The maximum Gasteiger partial charge on any atom is 0.226 e. The Bertz CT molecular complexity index is 922. The van der Waals surface area contributed by atoms with Crippen molar-refractivity contribution in [3.05, 3.63) is 77.2 Å². The monoisotopic (exact) mass is 337 g/mol. The molecule has 1 amide bonds. The van der Waals surface area contributed by atoms with E-state index >= 15 is 0 Å². The summed E-state index contributed by atoms with van der Waals surface area (Å²) >= 11 is 0. The van der Waals surface area contributed by atoms with Gasteiger partial charge in [0.1, 0.15) is 24.0 Å². The lowest BCUT2D eigenvalue weighted by molar-refractivity contribution is -0.116. The minimum atomic E-state index is -0.297. The van der Waals surface area contributed by atoms with Crippen molar-refractivity contribution in [2.45, 2.75) is 18.9 Å². The summed E-state index contributed by atoms with van der Waals surface area (Å²) in [5.74, 6) is 0.724. The lowest BCUT2D eigenvalue weighted by atomic mass is 9.87. The van der Waals surface area contributed by atoms with E-state index in [9.17, 15) is 9.18 Å². The number of benzene rings is 2. The number of amides is 1. The van der Waals surface area contributed by atoms with Crippen LogP contribution in [0.25, 0.3) is 0 Å². The predicted molar refractivity (Wildman–Crippen MR) is 90.9 cm³/mol. The quantitative estimate of drug-likeness (QED) is 0.764. The van der Waals surface area contributed by atoms with Crippen LogP contribution in [0.4, 0.5) is 10.2 Å². The molecule has 1 aliphatic heterocycles. The summed E-state index contributed by atoms with van der Waals surface area (Å²) in [5.41, 5.74) is 2.29. The van der Waals surface area contributed by atoms with Crippen LogP contribution < -0.4 is 10.1 Å². The number of aromatic amines is 1. The number of rotatable bonds is 4. The van der Waals surface area contributed by atoms with Crippen molar-refractivity contribution in [1.82, 2.24) is 10.2 Å². The number of para-hydroxylation sites is 1. The Kier molecular flexibility index (Phi) is 3.93. The van der Waals surface area contributed by atoms with Gasteiger partial charge in [-0.25, -0.2) is 4.39 Å². The van der Waals surface area contributed by atoms with Crippen molar-refractivity contribution in [3.63, 3.8) is 0 Å². The van der Waals surface area contributed by atoms with Crippen molar-refractivity contribution >= 4 is 11.7 Å². The standard InChI is InChI=1S/C19H16FN3O2/c20-16-7-3-1-5-12(16)11-25-17-8-4-2-6-13(17)14-9-18(24)22-19-15(14)10-21-23-19/h1-8,10,14H,9,11H2,(H2,21,22,23,24)/t14-/m0/s1. The molecular weight excluding hydrogens is 321 g/mol. The summed E-state index contributed by atoms with van der Waals surface area (Å²) in [6, 6.07) is 14.1. The molecule has 0 saturated carbocycles. The number of ether oxygens (including phenoxy) is 1. The van der Waals surface area contributed by atoms with Crippen LogP contribution >= 0.6 is 0 Å². The summed E-state index contributed by atoms with van der Waals surface area (Å²) in [7, 11) is 0. The van der Waals surface area contributed by atoms with Crippen molar-refractivity contribution < 1.29 is 13.9 Å². The second kappa shape index (κ2) is 6.39. The Labute approximate surface area is 143 Å². The summed E-state index contributed by atoms with van der Waals surface area (Å²) in [6.07, 6.45) is 2.03. The van der Waals surface area contributed by atoms with Crippen LogP contribution in [0.1, 0.15) is 29.0 Å². The van der Waals surface area contributed by atoms with Gasteiger partial charge in [0.25, 0.3) is 0 Å². The molecule has 2 aromatic carbocycles. The molecule has 0 bridgehead atoms. The Morgan fingerprint density at radius 1 is 1.12 bits per heavy atom. The maximum atomic E-state index is 13.8. The molecule has 0 aliphatic carbocycles. The number of hydrogen-bond acceptors (Lipinski definition) is 3. The fourth-order valence-corrected chi connectivity index (χ4v) is 3.09. The molecule has 1 aromatic heterocycles. The highest BCUT2D eigenvalue weighted by atomic mass is 19.1. The lowest BCUT2D eigenvalue weighted by Crippen LogP contribution is -2.23. The van der Waals surface area contributed by atoms with E-state index < -0.39 is 0 Å². The van der Waals surface area contributed by atoms with E-state index in [4.69, 9.17) is 4.74 Å². The predicted octanol–water partition coefficient (Wildman–Crippen LogP) is 3.60. The molecule has 25 heavy (non-hydrogen) atoms. The molecule has 5 nitrogen and oxygen atoms in total. The first-order valence-corrected chi connectivity index (χ1v) is 8.00. The number of carbonyl (C=O) groups is 1. The van der Waals surface area contributed by atoms with Crippen LogP contribution in [-0.2, 0) is 11.4 Å². The normalized spacial score (nSPS) is 16.2. The van der Waals surface area contributed by atoms with Gasteiger partial charge in [0.15, 0.2) is 0 Å². The molecule has 0 unspecified atom stereocenters.